The molecule has 3 nitrogen and oxygen atoms in total. The summed E-state index contributed by atoms with van der Waals surface area (Å²) in [5, 5.41) is 17.5. The Morgan fingerprint density at radius 1 is 1.40 bits per heavy atom. The van der Waals surface area contributed by atoms with Crippen LogP contribution in [0.3, 0.4) is 0 Å². The van der Waals surface area contributed by atoms with E-state index in [1.54, 1.807) is 12.1 Å². The summed E-state index contributed by atoms with van der Waals surface area (Å²) in [6, 6.07) is 9.32. The van der Waals surface area contributed by atoms with Crippen molar-refractivity contribution >= 4 is 5.97 Å². The van der Waals surface area contributed by atoms with Gasteiger partial charge in [-0.2, -0.15) is 5.26 Å². The van der Waals surface area contributed by atoms with E-state index >= 15 is 0 Å². The molecule has 0 spiro atoms. The number of aliphatic carboxylic acids is 1. The lowest BCUT2D eigenvalue weighted by Crippen LogP contribution is -2.13. The first kappa shape index (κ1) is 11.3. The quantitative estimate of drug-likeness (QED) is 0.818. The largest absolute Gasteiger partial charge is 0.481 e. The maximum Gasteiger partial charge on any atom is 0.307 e. The van der Waals surface area contributed by atoms with Gasteiger partial charge >= 0.3 is 5.97 Å². The van der Waals surface area contributed by atoms with E-state index in [-0.39, 0.29) is 6.42 Å². The van der Waals surface area contributed by atoms with Gasteiger partial charge in [0.1, 0.15) is 0 Å². The Labute approximate surface area is 89.0 Å². The number of carboxylic acids is 1. The van der Waals surface area contributed by atoms with E-state index < -0.39 is 11.4 Å². The summed E-state index contributed by atoms with van der Waals surface area (Å²) in [6.45, 7) is 3.67. The lowest BCUT2D eigenvalue weighted by atomic mass is 9.86. The summed E-state index contributed by atoms with van der Waals surface area (Å²) in [7, 11) is 0. The van der Waals surface area contributed by atoms with Gasteiger partial charge in [-0.3, -0.25) is 4.79 Å². The molecule has 1 N–H and O–H groups in total. The number of rotatable bonds is 3. The van der Waals surface area contributed by atoms with E-state index in [0.29, 0.717) is 0 Å². The van der Waals surface area contributed by atoms with E-state index in [2.05, 4.69) is 6.07 Å². The lowest BCUT2D eigenvalue weighted by molar-refractivity contribution is -0.136. The molecular weight excluding hydrogens is 190 g/mol. The predicted molar refractivity (Wildman–Crippen MR) is 56.4 cm³/mol. The standard InChI is InChI=1S/C12H13NO2/c1-12(2,8-13)10-5-3-9(4-6-10)7-11(14)15/h3-6H,7H2,1-2H3,(H,14,15). The average molecular weight is 203 g/mol. The Morgan fingerprint density at radius 3 is 2.33 bits per heavy atom. The van der Waals surface area contributed by atoms with Crippen molar-refractivity contribution in [3.05, 3.63) is 35.4 Å². The molecule has 0 bridgehead atoms. The van der Waals surface area contributed by atoms with Crippen molar-refractivity contribution < 1.29 is 9.90 Å². The van der Waals surface area contributed by atoms with Crippen molar-refractivity contribution in [2.75, 3.05) is 0 Å². The predicted octanol–water partition coefficient (Wildman–Crippen LogP) is 2.11. The molecule has 0 unspecified atom stereocenters. The number of nitrogens with zero attached hydrogens (tertiary/aromatic N) is 1. The maximum absolute atomic E-state index is 10.5. The van der Waals surface area contributed by atoms with Crippen molar-refractivity contribution in [3.63, 3.8) is 0 Å². The molecule has 0 radical (unpaired) electrons. The molecule has 0 heterocycles. The number of carboxylic acid groups (broad SMARTS) is 1. The van der Waals surface area contributed by atoms with Crippen molar-refractivity contribution in [1.82, 2.24) is 0 Å². The highest BCUT2D eigenvalue weighted by atomic mass is 16.4. The first-order valence-corrected chi connectivity index (χ1v) is 4.68. The van der Waals surface area contributed by atoms with Crippen LogP contribution in [0.15, 0.2) is 24.3 Å². The normalized spacial score (nSPS) is 10.7. The van der Waals surface area contributed by atoms with Gasteiger partial charge in [-0.15, -0.1) is 0 Å². The van der Waals surface area contributed by atoms with Crippen LogP contribution in [0.4, 0.5) is 0 Å². The number of benzene rings is 1. The molecule has 0 atom stereocenters. The van der Waals surface area contributed by atoms with Crippen molar-refractivity contribution in [2.24, 2.45) is 0 Å². The van der Waals surface area contributed by atoms with E-state index in [4.69, 9.17) is 10.4 Å². The van der Waals surface area contributed by atoms with Crippen LogP contribution in [0.1, 0.15) is 25.0 Å². The van der Waals surface area contributed by atoms with Crippen LogP contribution < -0.4 is 0 Å². The fourth-order valence-corrected chi connectivity index (χ4v) is 1.28. The third kappa shape index (κ3) is 2.81. The highest BCUT2D eigenvalue weighted by Gasteiger charge is 2.19. The Hall–Kier alpha value is -1.82. The molecule has 78 valence electrons. The fourth-order valence-electron chi connectivity index (χ4n) is 1.28. The maximum atomic E-state index is 10.5. The minimum atomic E-state index is -0.845. The zero-order valence-corrected chi connectivity index (χ0v) is 8.82. The molecule has 0 aromatic heterocycles. The molecule has 1 rings (SSSR count). The van der Waals surface area contributed by atoms with Crippen LogP contribution in [0.5, 0.6) is 0 Å². The highest BCUT2D eigenvalue weighted by Crippen LogP contribution is 2.22. The van der Waals surface area contributed by atoms with Crippen molar-refractivity contribution in [2.45, 2.75) is 25.7 Å². The van der Waals surface area contributed by atoms with Crippen LogP contribution in [0.2, 0.25) is 0 Å². The molecule has 0 amide bonds. The van der Waals surface area contributed by atoms with Gasteiger partial charge in [-0.05, 0) is 25.0 Å². The zero-order valence-electron chi connectivity index (χ0n) is 8.82. The molecule has 0 aliphatic rings. The lowest BCUT2D eigenvalue weighted by Gasteiger charge is -2.15. The second kappa shape index (κ2) is 4.14. The fraction of sp³-hybridized carbons (Fsp3) is 0.333. The Bertz CT molecular complexity index is 399. The van der Waals surface area contributed by atoms with Crippen molar-refractivity contribution in [3.8, 4) is 6.07 Å². The van der Waals surface area contributed by atoms with E-state index in [0.717, 1.165) is 11.1 Å². The Kier molecular flexibility index (Phi) is 3.11. The third-order valence-corrected chi connectivity index (χ3v) is 2.31. The summed E-state index contributed by atoms with van der Waals surface area (Å²) in [4.78, 5) is 10.5. The van der Waals surface area contributed by atoms with Gasteiger partial charge in [0, 0.05) is 0 Å². The minimum Gasteiger partial charge on any atom is -0.481 e. The first-order valence-electron chi connectivity index (χ1n) is 4.68. The second-order valence-electron chi connectivity index (χ2n) is 4.00. The number of nitriles is 1. The average Bonchev–Trinajstić information content (AvgIpc) is 2.18. The van der Waals surface area contributed by atoms with Gasteiger partial charge in [-0.1, -0.05) is 24.3 Å². The van der Waals surface area contributed by atoms with Crippen LogP contribution in [0, 0.1) is 11.3 Å². The highest BCUT2D eigenvalue weighted by molar-refractivity contribution is 5.70. The molecular formula is C12H13NO2. The second-order valence-corrected chi connectivity index (χ2v) is 4.00. The van der Waals surface area contributed by atoms with E-state index in [1.807, 2.05) is 26.0 Å². The molecule has 0 aliphatic heterocycles. The molecule has 3 heteroatoms. The topological polar surface area (TPSA) is 61.1 Å². The summed E-state index contributed by atoms with van der Waals surface area (Å²) < 4.78 is 0. The Balaban J connectivity index is 2.91. The Morgan fingerprint density at radius 2 is 1.93 bits per heavy atom. The van der Waals surface area contributed by atoms with Gasteiger partial charge in [0.25, 0.3) is 0 Å². The summed E-state index contributed by atoms with van der Waals surface area (Å²) in [5.74, 6) is -0.845. The SMILES string of the molecule is CC(C)(C#N)c1ccc(CC(=O)O)cc1. The summed E-state index contributed by atoms with van der Waals surface area (Å²) >= 11 is 0. The molecule has 0 fully saturated rings. The van der Waals surface area contributed by atoms with Gasteiger partial charge in [0.15, 0.2) is 0 Å². The van der Waals surface area contributed by atoms with Crippen LogP contribution >= 0.6 is 0 Å². The van der Waals surface area contributed by atoms with Gasteiger partial charge in [0.2, 0.25) is 0 Å². The number of carbonyl (C=O) groups is 1. The molecule has 0 saturated heterocycles. The van der Waals surface area contributed by atoms with Crippen molar-refractivity contribution in [1.29, 1.82) is 5.26 Å². The van der Waals surface area contributed by atoms with Gasteiger partial charge in [0.05, 0.1) is 17.9 Å². The monoisotopic (exact) mass is 203 g/mol. The molecule has 0 aliphatic carbocycles. The van der Waals surface area contributed by atoms with Crippen LogP contribution in [-0.4, -0.2) is 11.1 Å². The third-order valence-electron chi connectivity index (χ3n) is 2.31. The van der Waals surface area contributed by atoms with Crippen LogP contribution in [0.25, 0.3) is 0 Å². The molecule has 0 saturated carbocycles. The van der Waals surface area contributed by atoms with Gasteiger partial charge < -0.3 is 5.11 Å². The van der Waals surface area contributed by atoms with E-state index in [1.165, 1.54) is 0 Å². The summed E-state index contributed by atoms with van der Waals surface area (Å²) in [6.07, 6.45) is 0.0211. The van der Waals surface area contributed by atoms with Crippen LogP contribution in [-0.2, 0) is 16.6 Å². The molecule has 15 heavy (non-hydrogen) atoms. The van der Waals surface area contributed by atoms with Gasteiger partial charge in [-0.25, -0.2) is 0 Å². The first-order chi connectivity index (χ1) is 6.95. The molecule has 1 aromatic rings. The molecule has 1 aromatic carbocycles. The number of hydrogen-bond acceptors (Lipinski definition) is 2. The van der Waals surface area contributed by atoms with E-state index in [9.17, 15) is 4.79 Å². The summed E-state index contributed by atoms with van der Waals surface area (Å²) in [5.41, 5.74) is 1.13. The zero-order chi connectivity index (χ0) is 11.5. The minimum absolute atomic E-state index is 0.0211. The smallest absolute Gasteiger partial charge is 0.307 e. The number of hydrogen-bond donors (Lipinski definition) is 1.